The van der Waals surface area contributed by atoms with E-state index in [4.69, 9.17) is 10.7 Å². The van der Waals surface area contributed by atoms with E-state index >= 15 is 0 Å². The Kier molecular flexibility index (Phi) is 9.20. The highest BCUT2D eigenvalue weighted by molar-refractivity contribution is 6.31. The van der Waals surface area contributed by atoms with E-state index in [9.17, 15) is 10.1 Å². The third-order valence-corrected chi connectivity index (χ3v) is 7.16. The van der Waals surface area contributed by atoms with Crippen LogP contribution < -0.4 is 16.0 Å². The number of carbonyl (C=O) groups is 1. The Labute approximate surface area is 246 Å². The fourth-order valence-electron chi connectivity index (χ4n) is 4.73. The van der Waals surface area contributed by atoms with Crippen LogP contribution >= 0.6 is 0 Å². The van der Waals surface area contributed by atoms with Crippen LogP contribution in [-0.4, -0.2) is 67.8 Å². The molecule has 0 aliphatic rings. The normalized spacial score (nSPS) is 11.9. The number of aromatic amines is 1. The quantitative estimate of drug-likeness (QED) is 0.180. The van der Waals surface area contributed by atoms with Gasteiger partial charge >= 0.3 is 0 Å². The SMILES string of the molecule is C=CC(=O)Nc1cc(-c2c(-c3ccc(N(C)CCN(C)C)cc3)[nH]c3ncc(/C(=C/N)C(C#N)=NC)cc23)ccc1C. The number of anilines is 2. The van der Waals surface area contributed by atoms with Crippen molar-refractivity contribution in [3.63, 3.8) is 0 Å². The number of pyridine rings is 1. The van der Waals surface area contributed by atoms with Crippen LogP contribution in [0.2, 0.25) is 0 Å². The number of likely N-dealkylation sites (N-methyl/N-ethyl adjacent to an activating group) is 2. The van der Waals surface area contributed by atoms with Crippen LogP contribution in [0, 0.1) is 18.3 Å². The number of nitrogens with one attached hydrogen (secondary N) is 2. The molecule has 0 radical (unpaired) electrons. The number of H-pyrrole nitrogens is 1. The predicted octanol–water partition coefficient (Wildman–Crippen LogP) is 5.22. The molecule has 9 heteroatoms. The lowest BCUT2D eigenvalue weighted by atomic mass is 9.95. The van der Waals surface area contributed by atoms with Gasteiger partial charge < -0.3 is 25.8 Å². The summed E-state index contributed by atoms with van der Waals surface area (Å²) in [5.74, 6) is -0.284. The minimum absolute atomic E-state index is 0.217. The summed E-state index contributed by atoms with van der Waals surface area (Å²) in [5, 5.41) is 13.4. The minimum atomic E-state index is -0.284. The van der Waals surface area contributed by atoms with Gasteiger partial charge in [-0.05, 0) is 68.1 Å². The van der Waals surface area contributed by atoms with Crippen LogP contribution in [0.25, 0.3) is 39.0 Å². The molecule has 0 fully saturated rings. The second-order valence-electron chi connectivity index (χ2n) is 10.3. The molecule has 0 atom stereocenters. The number of hydrogen-bond acceptors (Lipinski definition) is 7. The van der Waals surface area contributed by atoms with Crippen molar-refractivity contribution in [1.82, 2.24) is 14.9 Å². The molecule has 0 aliphatic heterocycles. The van der Waals surface area contributed by atoms with Gasteiger partial charge in [0.05, 0.1) is 5.69 Å². The molecule has 214 valence electrons. The Hall–Kier alpha value is -5.20. The van der Waals surface area contributed by atoms with Crippen molar-refractivity contribution in [2.45, 2.75) is 6.92 Å². The first-order valence-electron chi connectivity index (χ1n) is 13.5. The molecule has 4 aromatic rings. The standard InChI is InChI=1S/C33H36N8O/c1-7-30(42)38-28-17-23(9-8-21(28)2)31-26-16-24(27(18-34)29(19-35)36-3)20-37-33(26)39-32(31)22-10-12-25(13-11-22)41(6)15-14-40(4)5/h7-13,16-18,20H,1,14-15,34H2,2-6H3,(H,37,39)(H,38,42)/b27-18-,36-29?. The zero-order chi connectivity index (χ0) is 30.4. The van der Waals surface area contributed by atoms with Crippen molar-refractivity contribution >= 4 is 39.6 Å². The Morgan fingerprint density at radius 1 is 1.14 bits per heavy atom. The lowest BCUT2D eigenvalue weighted by molar-refractivity contribution is -0.111. The lowest BCUT2D eigenvalue weighted by Gasteiger charge is -2.21. The van der Waals surface area contributed by atoms with Crippen molar-refractivity contribution in [2.75, 3.05) is 51.5 Å². The van der Waals surface area contributed by atoms with Gasteiger partial charge in [0.25, 0.3) is 0 Å². The maximum atomic E-state index is 12.2. The Morgan fingerprint density at radius 2 is 1.86 bits per heavy atom. The molecule has 2 aromatic carbocycles. The molecule has 4 rings (SSSR count). The summed E-state index contributed by atoms with van der Waals surface area (Å²) in [4.78, 5) is 28.9. The van der Waals surface area contributed by atoms with Crippen LogP contribution in [0.3, 0.4) is 0 Å². The van der Waals surface area contributed by atoms with Gasteiger partial charge in [0.15, 0.2) is 0 Å². The lowest BCUT2D eigenvalue weighted by Crippen LogP contribution is -2.28. The number of allylic oxidation sites excluding steroid dienone is 1. The largest absolute Gasteiger partial charge is 0.404 e. The van der Waals surface area contributed by atoms with Crippen LogP contribution in [0.15, 0.2) is 78.6 Å². The fraction of sp³-hybridized carbons (Fsp3) is 0.212. The average molecular weight is 561 g/mol. The molecule has 9 nitrogen and oxygen atoms in total. The van der Waals surface area contributed by atoms with Gasteiger partial charge in [-0.25, -0.2) is 4.98 Å². The summed E-state index contributed by atoms with van der Waals surface area (Å²) in [7, 11) is 7.77. The molecule has 0 unspecified atom stereocenters. The average Bonchev–Trinajstić information content (AvgIpc) is 3.38. The molecule has 1 amide bonds. The summed E-state index contributed by atoms with van der Waals surface area (Å²) in [6.45, 7) is 7.37. The van der Waals surface area contributed by atoms with Crippen molar-refractivity contribution in [2.24, 2.45) is 10.7 Å². The topological polar surface area (TPSA) is 126 Å². The number of amides is 1. The number of hydrogen-bond donors (Lipinski definition) is 3. The van der Waals surface area contributed by atoms with Gasteiger partial charge in [0.2, 0.25) is 5.91 Å². The van der Waals surface area contributed by atoms with Gasteiger partial charge in [0, 0.05) is 73.0 Å². The number of aryl methyl sites for hydroxylation is 1. The van der Waals surface area contributed by atoms with Gasteiger partial charge in [-0.2, -0.15) is 5.26 Å². The predicted molar refractivity (Wildman–Crippen MR) is 173 cm³/mol. The number of aromatic nitrogens is 2. The van der Waals surface area contributed by atoms with Crippen molar-refractivity contribution in [3.05, 3.63) is 84.7 Å². The van der Waals surface area contributed by atoms with E-state index in [1.807, 2.05) is 31.2 Å². The minimum Gasteiger partial charge on any atom is -0.404 e. The second-order valence-corrected chi connectivity index (χ2v) is 10.3. The number of fused-ring (bicyclic) bond motifs is 1. The van der Waals surface area contributed by atoms with E-state index in [1.165, 1.54) is 12.3 Å². The summed E-state index contributed by atoms with van der Waals surface area (Å²) in [5.41, 5.74) is 14.4. The van der Waals surface area contributed by atoms with E-state index in [1.54, 1.807) is 13.2 Å². The molecule has 0 bridgehead atoms. The van der Waals surface area contributed by atoms with Crippen molar-refractivity contribution < 1.29 is 4.79 Å². The smallest absolute Gasteiger partial charge is 0.247 e. The highest BCUT2D eigenvalue weighted by Gasteiger charge is 2.20. The van der Waals surface area contributed by atoms with Gasteiger partial charge in [0.1, 0.15) is 17.4 Å². The molecule has 0 aliphatic carbocycles. The highest BCUT2D eigenvalue weighted by Crippen LogP contribution is 2.40. The summed E-state index contributed by atoms with van der Waals surface area (Å²) >= 11 is 0. The zero-order valence-corrected chi connectivity index (χ0v) is 24.7. The molecule has 2 aromatic heterocycles. The third kappa shape index (κ3) is 6.24. The molecule has 4 N–H and O–H groups in total. The third-order valence-electron chi connectivity index (χ3n) is 7.16. The summed E-state index contributed by atoms with van der Waals surface area (Å²) in [6.07, 6.45) is 4.31. The maximum Gasteiger partial charge on any atom is 0.247 e. The number of carbonyl (C=O) groups excluding carboxylic acids is 1. The molecule has 2 heterocycles. The number of aliphatic imine (C=N–C) groups is 1. The first-order valence-corrected chi connectivity index (χ1v) is 13.5. The van der Waals surface area contributed by atoms with E-state index in [0.717, 1.165) is 52.1 Å². The molecular formula is C33H36N8O. The Bertz CT molecular complexity index is 1720. The molecule has 0 spiro atoms. The van der Waals surface area contributed by atoms with Crippen LogP contribution in [0.5, 0.6) is 0 Å². The highest BCUT2D eigenvalue weighted by atomic mass is 16.1. The number of benzene rings is 2. The number of nitriles is 1. The zero-order valence-electron chi connectivity index (χ0n) is 24.7. The fourth-order valence-corrected chi connectivity index (χ4v) is 4.73. The van der Waals surface area contributed by atoms with Gasteiger partial charge in [-0.1, -0.05) is 30.8 Å². The molecular weight excluding hydrogens is 524 g/mol. The van der Waals surface area contributed by atoms with E-state index in [2.05, 4.69) is 83.1 Å². The number of nitrogens with zero attached hydrogens (tertiary/aromatic N) is 5. The molecule has 42 heavy (non-hydrogen) atoms. The first kappa shape index (κ1) is 29.8. The van der Waals surface area contributed by atoms with Crippen LogP contribution in [-0.2, 0) is 4.79 Å². The summed E-state index contributed by atoms with van der Waals surface area (Å²) in [6, 6.07) is 18.4. The maximum absolute atomic E-state index is 12.2. The summed E-state index contributed by atoms with van der Waals surface area (Å²) < 4.78 is 0. The van der Waals surface area contributed by atoms with Crippen molar-refractivity contribution in [3.8, 4) is 28.5 Å². The monoisotopic (exact) mass is 560 g/mol. The van der Waals surface area contributed by atoms with Crippen LogP contribution in [0.1, 0.15) is 11.1 Å². The van der Waals surface area contributed by atoms with Crippen LogP contribution in [0.4, 0.5) is 11.4 Å². The van der Waals surface area contributed by atoms with Gasteiger partial charge in [-0.3, -0.25) is 9.79 Å². The Morgan fingerprint density at radius 3 is 2.48 bits per heavy atom. The molecule has 0 saturated heterocycles. The van der Waals surface area contributed by atoms with E-state index < -0.39 is 0 Å². The second kappa shape index (κ2) is 13.0. The first-order chi connectivity index (χ1) is 20.2. The van der Waals surface area contributed by atoms with E-state index in [0.29, 0.717) is 22.5 Å². The van der Waals surface area contributed by atoms with Gasteiger partial charge in [-0.15, -0.1) is 0 Å². The number of nitrogens with two attached hydrogens (primary N) is 1. The van der Waals surface area contributed by atoms with E-state index in [-0.39, 0.29) is 11.6 Å². The number of rotatable bonds is 10. The molecule has 0 saturated carbocycles. The van der Waals surface area contributed by atoms with Crippen molar-refractivity contribution in [1.29, 1.82) is 5.26 Å². The Balaban J connectivity index is 1.91.